The lowest BCUT2D eigenvalue weighted by Crippen LogP contribution is -2.28. The van der Waals surface area contributed by atoms with Gasteiger partial charge in [-0.3, -0.25) is 9.89 Å². The molecule has 0 aliphatic carbocycles. The number of rotatable bonds is 8. The van der Waals surface area contributed by atoms with E-state index in [1.54, 1.807) is 6.07 Å². The largest absolute Gasteiger partial charge is 0.493 e. The summed E-state index contributed by atoms with van der Waals surface area (Å²) in [6.07, 6.45) is 1.47. The van der Waals surface area contributed by atoms with Crippen LogP contribution in [0.3, 0.4) is 0 Å². The number of H-pyrrole nitrogens is 1. The van der Waals surface area contributed by atoms with Gasteiger partial charge in [0.05, 0.1) is 25.3 Å². The predicted molar refractivity (Wildman–Crippen MR) is 86.6 cm³/mol. The highest BCUT2D eigenvalue weighted by Crippen LogP contribution is 2.29. The molecule has 0 aliphatic rings. The van der Waals surface area contributed by atoms with Crippen LogP contribution in [0, 0.1) is 0 Å². The molecule has 0 radical (unpaired) electrons. The lowest BCUT2D eigenvalue weighted by Gasteiger charge is -2.11. The van der Waals surface area contributed by atoms with Crippen LogP contribution in [0.1, 0.15) is 6.42 Å². The summed E-state index contributed by atoms with van der Waals surface area (Å²) >= 11 is 0. The van der Waals surface area contributed by atoms with Crippen LogP contribution in [0.25, 0.3) is 0 Å². The molecule has 1 aromatic heterocycles. The molecule has 3 N–H and O–H groups in total. The Morgan fingerprint density at radius 2 is 1.96 bits per heavy atom. The quantitative estimate of drug-likeness (QED) is 0.642. The van der Waals surface area contributed by atoms with Gasteiger partial charge >= 0.3 is 0 Å². The smallest absolute Gasteiger partial charge is 0.240 e. The van der Waals surface area contributed by atoms with Gasteiger partial charge in [-0.15, -0.1) is 0 Å². The molecule has 1 heterocycles. The number of hydrogen-bond acceptors (Lipinski definition) is 6. The summed E-state index contributed by atoms with van der Waals surface area (Å²) < 4.78 is 37.0. The van der Waals surface area contributed by atoms with Crippen molar-refractivity contribution < 1.29 is 22.7 Å². The molecule has 130 valence electrons. The number of nitrogens with zero attached hydrogens (tertiary/aromatic N) is 1. The Balaban J connectivity index is 1.95. The fraction of sp³-hybridized carbons (Fsp3) is 0.286. The molecule has 0 saturated heterocycles. The Labute approximate surface area is 139 Å². The first-order valence-electron chi connectivity index (χ1n) is 6.97. The van der Waals surface area contributed by atoms with Gasteiger partial charge in [-0.05, 0) is 12.1 Å². The van der Waals surface area contributed by atoms with Crippen molar-refractivity contribution in [2.45, 2.75) is 11.3 Å². The van der Waals surface area contributed by atoms with Crippen LogP contribution in [0.2, 0.25) is 0 Å². The number of carbonyl (C=O) groups is 1. The fourth-order valence-electron chi connectivity index (χ4n) is 1.90. The molecule has 0 atom stereocenters. The molecule has 9 nitrogen and oxygen atoms in total. The first kappa shape index (κ1) is 17.8. The van der Waals surface area contributed by atoms with E-state index in [1.165, 1.54) is 38.6 Å². The number of methoxy groups -OCH3 is 2. The summed E-state index contributed by atoms with van der Waals surface area (Å²) in [6, 6.07) is 5.84. The predicted octanol–water partition coefficient (Wildman–Crippen LogP) is 0.734. The number of nitrogens with one attached hydrogen (secondary N) is 3. The molecule has 10 heteroatoms. The minimum Gasteiger partial charge on any atom is -0.493 e. The zero-order valence-electron chi connectivity index (χ0n) is 13.2. The summed E-state index contributed by atoms with van der Waals surface area (Å²) in [5.41, 5.74) is 0. The van der Waals surface area contributed by atoms with E-state index in [2.05, 4.69) is 20.2 Å². The van der Waals surface area contributed by atoms with Crippen molar-refractivity contribution >= 4 is 21.7 Å². The van der Waals surface area contributed by atoms with Gasteiger partial charge < -0.3 is 14.8 Å². The number of ether oxygens (including phenoxy) is 2. The van der Waals surface area contributed by atoms with Gasteiger partial charge in [0.2, 0.25) is 15.9 Å². The van der Waals surface area contributed by atoms with E-state index in [1.807, 2.05) is 0 Å². The third-order valence-electron chi connectivity index (χ3n) is 3.08. The molecule has 0 aliphatic heterocycles. The van der Waals surface area contributed by atoms with E-state index in [4.69, 9.17) is 9.47 Å². The Kier molecular flexibility index (Phi) is 5.77. The number of aromatic nitrogens is 2. The molecular weight excluding hydrogens is 336 g/mol. The lowest BCUT2D eigenvalue weighted by atomic mass is 10.3. The van der Waals surface area contributed by atoms with Crippen molar-refractivity contribution in [2.24, 2.45) is 0 Å². The molecular formula is C14H18N4O5S. The first-order chi connectivity index (χ1) is 11.5. The molecule has 0 unspecified atom stereocenters. The number of benzene rings is 1. The Bertz CT molecular complexity index is 790. The molecule has 1 aromatic carbocycles. The highest BCUT2D eigenvalue weighted by molar-refractivity contribution is 7.89. The highest BCUT2D eigenvalue weighted by atomic mass is 32.2. The molecule has 0 bridgehead atoms. The number of amides is 1. The van der Waals surface area contributed by atoms with Crippen LogP contribution in [0.4, 0.5) is 5.82 Å². The second-order valence-corrected chi connectivity index (χ2v) is 6.45. The Morgan fingerprint density at radius 1 is 1.21 bits per heavy atom. The molecule has 24 heavy (non-hydrogen) atoms. The van der Waals surface area contributed by atoms with Crippen LogP contribution >= 0.6 is 0 Å². The van der Waals surface area contributed by atoms with E-state index >= 15 is 0 Å². The number of aromatic amines is 1. The second kappa shape index (κ2) is 7.79. The molecule has 0 spiro atoms. The summed E-state index contributed by atoms with van der Waals surface area (Å²) in [6.45, 7) is -0.0450. The van der Waals surface area contributed by atoms with Gasteiger partial charge in [0, 0.05) is 25.1 Å². The van der Waals surface area contributed by atoms with Crippen molar-refractivity contribution in [3.63, 3.8) is 0 Å². The molecule has 1 amide bonds. The maximum absolute atomic E-state index is 12.2. The van der Waals surface area contributed by atoms with Crippen LogP contribution < -0.4 is 19.5 Å². The third kappa shape index (κ3) is 4.46. The standard InChI is InChI=1S/C14H18N4O5S/c1-22-11-4-3-10(9-12(11)23-2)24(20,21)16-8-6-14(19)17-13-5-7-15-18-13/h3-5,7,9,16H,6,8H2,1-2H3,(H2,15,17,18,19). The molecule has 0 saturated carbocycles. The highest BCUT2D eigenvalue weighted by Gasteiger charge is 2.17. The Morgan fingerprint density at radius 3 is 2.58 bits per heavy atom. The normalized spacial score (nSPS) is 11.1. The Hall–Kier alpha value is -2.59. The fourth-order valence-corrected chi connectivity index (χ4v) is 2.95. The minimum absolute atomic E-state index is 0.0223. The van der Waals surface area contributed by atoms with Crippen molar-refractivity contribution in [3.8, 4) is 11.5 Å². The number of sulfonamides is 1. The summed E-state index contributed by atoms with van der Waals surface area (Å²) in [5.74, 6) is 0.838. The molecule has 2 aromatic rings. The number of anilines is 1. The number of hydrogen-bond donors (Lipinski definition) is 3. The maximum atomic E-state index is 12.2. The monoisotopic (exact) mass is 354 g/mol. The summed E-state index contributed by atoms with van der Waals surface area (Å²) in [4.78, 5) is 11.7. The topological polar surface area (TPSA) is 122 Å². The van der Waals surface area contributed by atoms with Crippen LogP contribution in [-0.4, -0.2) is 45.3 Å². The van der Waals surface area contributed by atoms with Gasteiger partial charge in [-0.25, -0.2) is 13.1 Å². The number of carbonyl (C=O) groups excluding carboxylic acids is 1. The van der Waals surface area contributed by atoms with E-state index in [0.717, 1.165) is 0 Å². The zero-order valence-corrected chi connectivity index (χ0v) is 14.0. The summed E-state index contributed by atoms with van der Waals surface area (Å²) in [7, 11) is -0.882. The first-order valence-corrected chi connectivity index (χ1v) is 8.45. The van der Waals surface area contributed by atoms with E-state index in [0.29, 0.717) is 17.3 Å². The van der Waals surface area contributed by atoms with E-state index < -0.39 is 10.0 Å². The van der Waals surface area contributed by atoms with Gasteiger partial charge in [-0.2, -0.15) is 5.10 Å². The minimum atomic E-state index is -3.76. The van der Waals surface area contributed by atoms with Crippen molar-refractivity contribution in [1.82, 2.24) is 14.9 Å². The SMILES string of the molecule is COc1ccc(S(=O)(=O)NCCC(=O)Nc2ccn[nH]2)cc1OC. The van der Waals surface area contributed by atoms with Gasteiger partial charge in [0.15, 0.2) is 11.5 Å². The van der Waals surface area contributed by atoms with Crippen molar-refractivity contribution in [1.29, 1.82) is 0 Å². The van der Waals surface area contributed by atoms with Crippen LogP contribution in [0.15, 0.2) is 35.4 Å². The van der Waals surface area contributed by atoms with E-state index in [9.17, 15) is 13.2 Å². The molecule has 0 fully saturated rings. The van der Waals surface area contributed by atoms with Crippen molar-refractivity contribution in [3.05, 3.63) is 30.5 Å². The van der Waals surface area contributed by atoms with Crippen molar-refractivity contribution in [2.75, 3.05) is 26.1 Å². The lowest BCUT2D eigenvalue weighted by molar-refractivity contribution is -0.116. The molecule has 2 rings (SSSR count). The summed E-state index contributed by atoms with van der Waals surface area (Å²) in [5, 5.41) is 8.82. The second-order valence-electron chi connectivity index (χ2n) is 4.68. The van der Waals surface area contributed by atoms with Gasteiger partial charge in [0.1, 0.15) is 5.82 Å². The third-order valence-corrected chi connectivity index (χ3v) is 4.54. The van der Waals surface area contributed by atoms with Gasteiger partial charge in [-0.1, -0.05) is 0 Å². The van der Waals surface area contributed by atoms with Crippen LogP contribution in [-0.2, 0) is 14.8 Å². The van der Waals surface area contributed by atoms with Crippen LogP contribution in [0.5, 0.6) is 11.5 Å². The maximum Gasteiger partial charge on any atom is 0.240 e. The van der Waals surface area contributed by atoms with Gasteiger partial charge in [0.25, 0.3) is 0 Å². The average Bonchev–Trinajstić information content (AvgIpc) is 3.06. The average molecular weight is 354 g/mol. The zero-order chi connectivity index (χ0) is 17.6. The van der Waals surface area contributed by atoms with E-state index in [-0.39, 0.29) is 23.8 Å².